The van der Waals surface area contributed by atoms with E-state index in [4.69, 9.17) is 9.15 Å². The Labute approximate surface area is 120 Å². The summed E-state index contributed by atoms with van der Waals surface area (Å²) < 4.78 is 21.4. The molecule has 0 heterocycles. The summed E-state index contributed by atoms with van der Waals surface area (Å²) in [5.74, 6) is -0.253. The first-order chi connectivity index (χ1) is 9.05. The zero-order chi connectivity index (χ0) is 16.0. The largest absolute Gasteiger partial charge is 0.518 e. The van der Waals surface area contributed by atoms with Gasteiger partial charge in [0.2, 0.25) is 5.91 Å². The maximum absolute atomic E-state index is 11.7. The van der Waals surface area contributed by atoms with Gasteiger partial charge in [0.25, 0.3) is 0 Å². The summed E-state index contributed by atoms with van der Waals surface area (Å²) in [5, 5.41) is 2.74. The van der Waals surface area contributed by atoms with Crippen LogP contribution in [-0.2, 0) is 18.5 Å². The quantitative estimate of drug-likeness (QED) is 0.292. The Morgan fingerprint density at radius 1 is 1.50 bits per heavy atom. The van der Waals surface area contributed by atoms with Gasteiger partial charge < -0.3 is 5.32 Å². The number of hydrogen-bond donors (Lipinski definition) is 2. The Kier molecular flexibility index (Phi) is 7.62. The van der Waals surface area contributed by atoms with E-state index in [-0.39, 0.29) is 23.2 Å². The summed E-state index contributed by atoms with van der Waals surface area (Å²) in [6, 6.07) is -0.245. The number of phosphoric ester groups is 1. The van der Waals surface area contributed by atoms with Gasteiger partial charge in [-0.1, -0.05) is 11.2 Å². The number of nitrogens with zero attached hydrogens (tertiary/aromatic N) is 1. The van der Waals surface area contributed by atoms with E-state index in [2.05, 4.69) is 11.9 Å². The molecule has 8 heteroatoms. The average molecular weight is 309 g/mol. The summed E-state index contributed by atoms with van der Waals surface area (Å²) >= 11 is 0. The van der Waals surface area contributed by atoms with Crippen LogP contribution in [0.2, 0.25) is 0 Å². The topological polar surface area (TPSA) is 84.9 Å². The number of rotatable bonds is 9. The van der Waals surface area contributed by atoms with Gasteiger partial charge in [0.05, 0.1) is 19.7 Å². The monoisotopic (exact) mass is 309 g/mol. The average Bonchev–Trinajstić information content (AvgIpc) is 2.27. The number of amides is 1. The van der Waals surface area contributed by atoms with Crippen molar-refractivity contribution in [2.75, 3.05) is 26.7 Å². The van der Waals surface area contributed by atoms with Gasteiger partial charge in [0.15, 0.2) is 0 Å². The molecule has 3 unspecified atom stereocenters. The standard InChI is InChI=1S/C12H25N2O5P/c1-7-14(6,19-20(16,17)18-8-2)9-11(5)13-12(15)10(3)4/h11H,3,7-9H2,1-2,4-6H3,(H-,13,15,16,17)/p+1. The molecule has 2 N–H and O–H groups in total. The smallest absolute Gasteiger partial charge is 0.344 e. The molecule has 0 aromatic carbocycles. The van der Waals surface area contributed by atoms with Crippen LogP contribution in [0, 0.1) is 0 Å². The molecule has 0 aromatic heterocycles. The minimum atomic E-state index is -4.10. The first kappa shape index (κ1) is 19.3. The van der Waals surface area contributed by atoms with E-state index in [0.29, 0.717) is 18.7 Å². The third kappa shape index (κ3) is 7.17. The van der Waals surface area contributed by atoms with Gasteiger partial charge in [-0.05, 0) is 27.7 Å². The normalized spacial score (nSPS) is 18.7. The van der Waals surface area contributed by atoms with Crippen LogP contribution in [0.15, 0.2) is 12.2 Å². The summed E-state index contributed by atoms with van der Waals surface area (Å²) in [6.45, 7) is 11.2. The zero-order valence-electron chi connectivity index (χ0n) is 12.9. The van der Waals surface area contributed by atoms with Crippen molar-refractivity contribution < 1.29 is 28.0 Å². The van der Waals surface area contributed by atoms with Crippen LogP contribution in [0.5, 0.6) is 0 Å². The Balaban J connectivity index is 4.69. The Bertz CT molecular complexity index is 401. The van der Waals surface area contributed by atoms with E-state index in [1.165, 1.54) is 0 Å². The fourth-order valence-electron chi connectivity index (χ4n) is 1.63. The molecule has 0 spiro atoms. The third-order valence-corrected chi connectivity index (χ3v) is 3.87. The molecule has 0 bridgehead atoms. The van der Waals surface area contributed by atoms with E-state index in [1.807, 2.05) is 6.92 Å². The molecule has 0 aliphatic heterocycles. The second-order valence-electron chi connectivity index (χ2n) is 4.92. The van der Waals surface area contributed by atoms with Gasteiger partial charge in [-0.2, -0.15) is 4.65 Å². The van der Waals surface area contributed by atoms with Crippen LogP contribution < -0.4 is 5.32 Å². The minimum Gasteiger partial charge on any atom is -0.344 e. The number of carbonyl (C=O) groups is 1. The van der Waals surface area contributed by atoms with Crippen molar-refractivity contribution in [1.82, 2.24) is 5.32 Å². The van der Waals surface area contributed by atoms with Crippen LogP contribution >= 0.6 is 7.82 Å². The molecule has 0 saturated carbocycles. The number of quaternary nitrogens is 1. The number of hydroxylamine groups is 3. The van der Waals surface area contributed by atoms with E-state index in [0.717, 1.165) is 0 Å². The highest BCUT2D eigenvalue weighted by molar-refractivity contribution is 7.47. The van der Waals surface area contributed by atoms with E-state index < -0.39 is 7.82 Å². The lowest BCUT2D eigenvalue weighted by Crippen LogP contribution is -2.51. The fraction of sp³-hybridized carbons (Fsp3) is 0.750. The molecule has 7 nitrogen and oxygen atoms in total. The predicted octanol–water partition coefficient (Wildman–Crippen LogP) is 1.60. The van der Waals surface area contributed by atoms with Crippen molar-refractivity contribution in [3.05, 3.63) is 12.2 Å². The van der Waals surface area contributed by atoms with Crippen molar-refractivity contribution in [3.63, 3.8) is 0 Å². The number of phosphoric acid groups is 1. The van der Waals surface area contributed by atoms with Crippen molar-refractivity contribution in [3.8, 4) is 0 Å². The van der Waals surface area contributed by atoms with Crippen LogP contribution in [-0.4, -0.2) is 48.2 Å². The van der Waals surface area contributed by atoms with Gasteiger partial charge in [-0.3, -0.25) is 14.2 Å². The van der Waals surface area contributed by atoms with E-state index in [1.54, 1.807) is 27.8 Å². The summed E-state index contributed by atoms with van der Waals surface area (Å²) in [7, 11) is -2.44. The Morgan fingerprint density at radius 2 is 2.05 bits per heavy atom. The predicted molar refractivity (Wildman–Crippen MR) is 76.5 cm³/mol. The first-order valence-corrected chi connectivity index (χ1v) is 8.04. The van der Waals surface area contributed by atoms with Gasteiger partial charge in [-0.15, -0.1) is 0 Å². The summed E-state index contributed by atoms with van der Waals surface area (Å²) in [5.41, 5.74) is 0.408. The molecular formula is C12H26N2O5P+. The zero-order valence-corrected chi connectivity index (χ0v) is 13.8. The maximum atomic E-state index is 11.7. The highest BCUT2D eigenvalue weighted by Crippen LogP contribution is 2.45. The van der Waals surface area contributed by atoms with Gasteiger partial charge >= 0.3 is 7.82 Å². The highest BCUT2D eigenvalue weighted by Gasteiger charge is 2.36. The molecule has 0 rings (SSSR count). The van der Waals surface area contributed by atoms with Gasteiger partial charge in [0, 0.05) is 5.57 Å². The lowest BCUT2D eigenvalue weighted by Gasteiger charge is -2.32. The van der Waals surface area contributed by atoms with Crippen LogP contribution in [0.25, 0.3) is 0 Å². The molecule has 118 valence electrons. The second kappa shape index (κ2) is 7.90. The minimum absolute atomic E-state index is 0.0828. The van der Waals surface area contributed by atoms with E-state index >= 15 is 0 Å². The van der Waals surface area contributed by atoms with Crippen molar-refractivity contribution in [2.24, 2.45) is 0 Å². The van der Waals surface area contributed by atoms with Gasteiger partial charge in [-0.25, -0.2) is 4.57 Å². The number of likely N-dealkylation sites (N-methyl/N-ethyl adjacent to an activating group) is 1. The molecular weight excluding hydrogens is 283 g/mol. The van der Waals surface area contributed by atoms with Crippen molar-refractivity contribution >= 4 is 13.7 Å². The first-order valence-electron chi connectivity index (χ1n) is 6.54. The molecule has 0 aliphatic carbocycles. The molecule has 0 radical (unpaired) electrons. The van der Waals surface area contributed by atoms with Crippen LogP contribution in [0.3, 0.4) is 0 Å². The molecule has 0 fully saturated rings. The lowest BCUT2D eigenvalue weighted by molar-refractivity contribution is -1.07. The molecule has 0 aliphatic rings. The van der Waals surface area contributed by atoms with Crippen molar-refractivity contribution in [2.45, 2.75) is 33.7 Å². The SMILES string of the molecule is C=C(C)C(=O)NC(C)C[N+](C)(CC)OP(=O)(O)OCC. The van der Waals surface area contributed by atoms with Crippen LogP contribution in [0.1, 0.15) is 27.7 Å². The second-order valence-corrected chi connectivity index (χ2v) is 6.28. The Morgan fingerprint density at radius 3 is 2.45 bits per heavy atom. The fourth-order valence-corrected chi connectivity index (χ4v) is 2.68. The molecule has 20 heavy (non-hydrogen) atoms. The third-order valence-electron chi connectivity index (χ3n) is 2.69. The summed E-state index contributed by atoms with van der Waals surface area (Å²) in [4.78, 5) is 21.1. The Hall–Kier alpha value is -0.720. The van der Waals surface area contributed by atoms with Gasteiger partial charge in [0.1, 0.15) is 13.1 Å². The lowest BCUT2D eigenvalue weighted by atomic mass is 10.2. The maximum Gasteiger partial charge on any atom is 0.518 e. The number of carbonyl (C=O) groups excluding carboxylic acids is 1. The summed E-state index contributed by atoms with van der Waals surface area (Å²) in [6.07, 6.45) is 0. The van der Waals surface area contributed by atoms with E-state index in [9.17, 15) is 14.3 Å². The van der Waals surface area contributed by atoms with Crippen molar-refractivity contribution in [1.29, 1.82) is 0 Å². The van der Waals surface area contributed by atoms with Crippen LogP contribution in [0.4, 0.5) is 0 Å². The number of nitrogens with one attached hydrogen (secondary N) is 1. The molecule has 3 atom stereocenters. The number of hydrogen-bond acceptors (Lipinski definition) is 4. The highest BCUT2D eigenvalue weighted by atomic mass is 31.2. The molecule has 0 saturated heterocycles. The molecule has 0 aromatic rings. The molecule has 1 amide bonds.